The Labute approximate surface area is 213 Å². The molecule has 5 aliphatic rings. The molecule has 4 fully saturated rings. The van der Waals surface area contributed by atoms with Crippen LogP contribution in [0.25, 0.3) is 0 Å². The Morgan fingerprint density at radius 2 is 2.11 bits per heavy atom. The van der Waals surface area contributed by atoms with E-state index in [9.17, 15) is 19.8 Å². The van der Waals surface area contributed by atoms with Crippen LogP contribution in [0.2, 0.25) is 0 Å². The van der Waals surface area contributed by atoms with Gasteiger partial charge in [-0.05, 0) is 77.7 Å². The van der Waals surface area contributed by atoms with Crippen LogP contribution in [0.5, 0.6) is 0 Å². The number of aliphatic hydroxyl groups excluding tert-OH is 2. The SMILES string of the molecule is CC12C=CC(=O)C=C1CCC1C2C(O)CC2(C)C1CC1CN(Cc3ccc(Br)o3)OC12C(=O)CO. The smallest absolute Gasteiger partial charge is 0.192 e. The summed E-state index contributed by atoms with van der Waals surface area (Å²) in [5, 5.41) is 23.5. The van der Waals surface area contributed by atoms with Gasteiger partial charge in [-0.3, -0.25) is 14.4 Å². The number of fused-ring (bicyclic) bond motifs is 7. The van der Waals surface area contributed by atoms with Gasteiger partial charge in [0.15, 0.2) is 21.8 Å². The van der Waals surface area contributed by atoms with Gasteiger partial charge in [0.2, 0.25) is 0 Å². The molecule has 6 rings (SSSR count). The van der Waals surface area contributed by atoms with Crippen molar-refractivity contribution in [1.82, 2.24) is 5.06 Å². The maximum Gasteiger partial charge on any atom is 0.192 e. The summed E-state index contributed by atoms with van der Waals surface area (Å²) in [4.78, 5) is 32.1. The summed E-state index contributed by atoms with van der Waals surface area (Å²) >= 11 is 3.33. The van der Waals surface area contributed by atoms with Gasteiger partial charge in [-0.25, -0.2) is 0 Å². The van der Waals surface area contributed by atoms with Crippen molar-refractivity contribution in [2.45, 2.75) is 57.8 Å². The predicted molar refractivity (Wildman–Crippen MR) is 130 cm³/mol. The monoisotopic (exact) mass is 545 g/mol. The highest BCUT2D eigenvalue weighted by Gasteiger charge is 2.75. The van der Waals surface area contributed by atoms with E-state index in [0.717, 1.165) is 30.6 Å². The number of carbonyl (C=O) groups excluding carboxylic acids is 2. The molecule has 35 heavy (non-hydrogen) atoms. The summed E-state index contributed by atoms with van der Waals surface area (Å²) in [5.41, 5.74) is -1.02. The number of halogens is 1. The Hall–Kier alpha value is -1.58. The van der Waals surface area contributed by atoms with Gasteiger partial charge >= 0.3 is 0 Å². The second-order valence-electron chi connectivity index (χ2n) is 11.6. The van der Waals surface area contributed by atoms with Crippen LogP contribution >= 0.6 is 15.9 Å². The number of hydrogen-bond donors (Lipinski definition) is 2. The maximum absolute atomic E-state index is 13.5. The first-order chi connectivity index (χ1) is 16.6. The highest BCUT2D eigenvalue weighted by atomic mass is 79.9. The predicted octanol–water partition coefficient (Wildman–Crippen LogP) is 3.59. The largest absolute Gasteiger partial charge is 0.453 e. The first-order valence-electron chi connectivity index (χ1n) is 12.6. The van der Waals surface area contributed by atoms with Crippen LogP contribution in [-0.2, 0) is 21.0 Å². The number of ketones is 2. The molecular weight excluding hydrogens is 514 g/mol. The molecule has 8 heteroatoms. The quantitative estimate of drug-likeness (QED) is 0.596. The number of hydrogen-bond acceptors (Lipinski definition) is 7. The average Bonchev–Trinajstić information content (AvgIpc) is 3.45. The number of Topliss-reactive ketones (excluding diaryl/α,β-unsaturated/α-hetero) is 1. The van der Waals surface area contributed by atoms with Crippen molar-refractivity contribution in [3.05, 3.63) is 46.4 Å². The van der Waals surface area contributed by atoms with E-state index in [0.29, 0.717) is 24.2 Å². The molecule has 8 unspecified atom stereocenters. The van der Waals surface area contributed by atoms with Crippen LogP contribution < -0.4 is 0 Å². The molecule has 4 aliphatic carbocycles. The van der Waals surface area contributed by atoms with E-state index in [4.69, 9.17) is 9.25 Å². The molecule has 8 atom stereocenters. The summed E-state index contributed by atoms with van der Waals surface area (Å²) in [5.74, 6) is 0.748. The van der Waals surface area contributed by atoms with E-state index in [1.165, 1.54) is 0 Å². The topological polar surface area (TPSA) is 100 Å². The summed E-state index contributed by atoms with van der Waals surface area (Å²) in [6.45, 7) is 4.63. The standard InChI is InChI=1S/C27H32BrNO6/c1-25-8-7-17(31)9-15(25)3-5-19-20-10-16-12-29(13-18-4-6-23(28)34-18)35-27(16,22(33)14-30)26(20,2)11-21(32)24(19)25/h4,6-9,16,19-21,24,30,32H,3,5,10-14H2,1-2H3. The minimum Gasteiger partial charge on any atom is -0.453 e. The third-order valence-electron chi connectivity index (χ3n) is 10.1. The molecule has 7 nitrogen and oxygen atoms in total. The molecule has 1 aliphatic heterocycles. The van der Waals surface area contributed by atoms with Crippen LogP contribution in [0.3, 0.4) is 0 Å². The zero-order valence-corrected chi connectivity index (χ0v) is 21.7. The van der Waals surface area contributed by atoms with Gasteiger partial charge in [0, 0.05) is 29.2 Å². The highest BCUT2D eigenvalue weighted by Crippen LogP contribution is 2.70. The van der Waals surface area contributed by atoms with E-state index in [1.807, 2.05) is 18.2 Å². The van der Waals surface area contributed by atoms with Crippen LogP contribution in [0, 0.1) is 34.5 Å². The lowest BCUT2D eigenvalue weighted by Gasteiger charge is -2.59. The Kier molecular flexibility index (Phi) is 5.41. The van der Waals surface area contributed by atoms with Gasteiger partial charge in [-0.2, -0.15) is 5.06 Å². The molecule has 2 N–H and O–H groups in total. The number of furan rings is 1. The van der Waals surface area contributed by atoms with Crippen molar-refractivity contribution in [3.8, 4) is 0 Å². The lowest BCUT2D eigenvalue weighted by Crippen LogP contribution is -2.63. The first-order valence-corrected chi connectivity index (χ1v) is 13.4. The third kappa shape index (κ3) is 3.16. The molecule has 1 aromatic heterocycles. The van der Waals surface area contributed by atoms with Gasteiger partial charge in [-0.1, -0.05) is 25.5 Å². The molecule has 0 aromatic carbocycles. The highest BCUT2D eigenvalue weighted by molar-refractivity contribution is 9.10. The Morgan fingerprint density at radius 3 is 2.83 bits per heavy atom. The number of carbonyl (C=O) groups is 2. The minimum atomic E-state index is -1.17. The molecular formula is C27H32BrNO6. The van der Waals surface area contributed by atoms with Crippen LogP contribution in [0.4, 0.5) is 0 Å². The average molecular weight is 546 g/mol. The van der Waals surface area contributed by atoms with Crippen molar-refractivity contribution in [2.24, 2.45) is 34.5 Å². The summed E-state index contributed by atoms with van der Waals surface area (Å²) in [7, 11) is 0. The second kappa shape index (κ2) is 7.96. The summed E-state index contributed by atoms with van der Waals surface area (Å²) in [6, 6.07) is 3.70. The fourth-order valence-electron chi connectivity index (χ4n) is 8.76. The Balaban J connectivity index is 1.36. The van der Waals surface area contributed by atoms with E-state index in [1.54, 1.807) is 17.2 Å². The normalized spacial score (nSPS) is 44.4. The molecule has 0 radical (unpaired) electrons. The van der Waals surface area contributed by atoms with Crippen molar-refractivity contribution >= 4 is 27.5 Å². The molecule has 1 saturated heterocycles. The zero-order chi connectivity index (χ0) is 24.8. The van der Waals surface area contributed by atoms with E-state index in [-0.39, 0.29) is 40.7 Å². The fraction of sp³-hybridized carbons (Fsp3) is 0.630. The molecule has 1 aromatic rings. The van der Waals surface area contributed by atoms with E-state index in [2.05, 4.69) is 29.8 Å². The molecule has 0 spiro atoms. The van der Waals surface area contributed by atoms with Crippen molar-refractivity contribution in [2.75, 3.05) is 13.2 Å². The van der Waals surface area contributed by atoms with E-state index >= 15 is 0 Å². The summed E-state index contributed by atoms with van der Waals surface area (Å²) in [6.07, 6.45) is 7.68. The Morgan fingerprint density at radius 1 is 1.31 bits per heavy atom. The number of hydroxylamine groups is 2. The maximum atomic E-state index is 13.5. The van der Waals surface area contributed by atoms with Gasteiger partial charge in [0.1, 0.15) is 12.4 Å². The van der Waals surface area contributed by atoms with Crippen molar-refractivity contribution in [1.29, 1.82) is 0 Å². The van der Waals surface area contributed by atoms with E-state index < -0.39 is 23.7 Å². The van der Waals surface area contributed by atoms with Gasteiger partial charge < -0.3 is 14.6 Å². The van der Waals surface area contributed by atoms with Crippen LogP contribution in [-0.4, -0.2) is 51.7 Å². The van der Waals surface area contributed by atoms with Gasteiger partial charge in [0.05, 0.1) is 12.6 Å². The lowest BCUT2D eigenvalue weighted by atomic mass is 9.46. The van der Waals surface area contributed by atoms with Crippen LogP contribution in [0.15, 0.2) is 45.0 Å². The van der Waals surface area contributed by atoms with Crippen molar-refractivity contribution in [3.63, 3.8) is 0 Å². The number of aliphatic hydroxyl groups is 2. The van der Waals surface area contributed by atoms with Crippen LogP contribution in [0.1, 0.15) is 45.3 Å². The summed E-state index contributed by atoms with van der Waals surface area (Å²) < 4.78 is 6.30. The van der Waals surface area contributed by atoms with Crippen molar-refractivity contribution < 1.29 is 29.1 Å². The number of allylic oxidation sites excluding steroid dienone is 4. The zero-order valence-electron chi connectivity index (χ0n) is 20.1. The second-order valence-corrected chi connectivity index (χ2v) is 12.4. The third-order valence-corrected chi connectivity index (χ3v) is 10.5. The fourth-order valence-corrected chi connectivity index (χ4v) is 9.10. The molecule has 0 amide bonds. The Bertz CT molecular complexity index is 1140. The first kappa shape index (κ1) is 23.8. The number of nitrogens with zero attached hydrogens (tertiary/aromatic N) is 1. The molecule has 0 bridgehead atoms. The van der Waals surface area contributed by atoms with Gasteiger partial charge in [0.25, 0.3) is 0 Å². The lowest BCUT2D eigenvalue weighted by molar-refractivity contribution is -0.255. The van der Waals surface area contributed by atoms with Gasteiger partial charge in [-0.15, -0.1) is 0 Å². The molecule has 2 heterocycles. The minimum absolute atomic E-state index is 0.0124. The number of rotatable bonds is 4. The molecule has 188 valence electrons. The molecule has 3 saturated carbocycles.